The maximum Gasteiger partial charge on any atom is 0.237 e. The van der Waals surface area contributed by atoms with Gasteiger partial charge in [-0.3, -0.25) is 14.7 Å². The van der Waals surface area contributed by atoms with E-state index in [1.165, 1.54) is 5.56 Å². The van der Waals surface area contributed by atoms with Gasteiger partial charge < -0.3 is 10.5 Å². The van der Waals surface area contributed by atoms with Crippen LogP contribution in [-0.4, -0.2) is 47.6 Å². The van der Waals surface area contributed by atoms with Gasteiger partial charge in [-0.2, -0.15) is 0 Å². The van der Waals surface area contributed by atoms with Crippen LogP contribution in [0.4, 0.5) is 0 Å². The SMILES string of the molecule is C[C@H]1OCCN(CCc2ccncc2)[C@@H]1C(N)=O. The molecule has 0 unspecified atom stereocenters. The Labute approximate surface area is 107 Å². The first-order valence-corrected chi connectivity index (χ1v) is 6.22. The summed E-state index contributed by atoms with van der Waals surface area (Å²) in [6, 6.07) is 3.66. The fourth-order valence-electron chi connectivity index (χ4n) is 2.37. The van der Waals surface area contributed by atoms with Crippen molar-refractivity contribution in [3.05, 3.63) is 30.1 Å². The second-order valence-electron chi connectivity index (χ2n) is 4.56. The lowest BCUT2D eigenvalue weighted by Crippen LogP contribution is -2.56. The topological polar surface area (TPSA) is 68.4 Å². The minimum Gasteiger partial charge on any atom is -0.375 e. The Bertz CT molecular complexity index is 396. The molecule has 1 saturated heterocycles. The van der Waals surface area contributed by atoms with E-state index in [1.54, 1.807) is 12.4 Å². The molecule has 0 aromatic carbocycles. The van der Waals surface area contributed by atoms with E-state index in [4.69, 9.17) is 10.5 Å². The highest BCUT2D eigenvalue weighted by atomic mass is 16.5. The van der Waals surface area contributed by atoms with Crippen molar-refractivity contribution in [2.24, 2.45) is 5.73 Å². The zero-order valence-electron chi connectivity index (χ0n) is 10.6. The van der Waals surface area contributed by atoms with Crippen molar-refractivity contribution < 1.29 is 9.53 Å². The van der Waals surface area contributed by atoms with Crippen molar-refractivity contribution in [1.82, 2.24) is 9.88 Å². The van der Waals surface area contributed by atoms with E-state index in [1.807, 2.05) is 19.1 Å². The van der Waals surface area contributed by atoms with Gasteiger partial charge in [-0.25, -0.2) is 0 Å². The van der Waals surface area contributed by atoms with Gasteiger partial charge in [0.2, 0.25) is 5.91 Å². The number of carbonyl (C=O) groups excluding carboxylic acids is 1. The number of morpholine rings is 1. The van der Waals surface area contributed by atoms with Crippen LogP contribution in [0.3, 0.4) is 0 Å². The zero-order valence-corrected chi connectivity index (χ0v) is 10.6. The second-order valence-corrected chi connectivity index (χ2v) is 4.56. The average molecular weight is 249 g/mol. The van der Waals surface area contributed by atoms with Crippen molar-refractivity contribution in [2.45, 2.75) is 25.5 Å². The molecular formula is C13H19N3O2. The number of nitrogens with zero attached hydrogens (tertiary/aromatic N) is 2. The quantitative estimate of drug-likeness (QED) is 0.827. The number of rotatable bonds is 4. The molecule has 98 valence electrons. The molecule has 1 amide bonds. The van der Waals surface area contributed by atoms with E-state index in [-0.39, 0.29) is 18.1 Å². The molecule has 2 heterocycles. The van der Waals surface area contributed by atoms with Gasteiger partial charge in [-0.05, 0) is 31.0 Å². The van der Waals surface area contributed by atoms with Crippen LogP contribution >= 0.6 is 0 Å². The fraction of sp³-hybridized carbons (Fsp3) is 0.538. The van der Waals surface area contributed by atoms with Crippen LogP contribution in [0.5, 0.6) is 0 Å². The molecule has 0 bridgehead atoms. The third-order valence-electron chi connectivity index (χ3n) is 3.33. The molecule has 1 fully saturated rings. The summed E-state index contributed by atoms with van der Waals surface area (Å²) in [5, 5.41) is 0. The molecule has 5 heteroatoms. The summed E-state index contributed by atoms with van der Waals surface area (Å²) in [5.74, 6) is -0.308. The van der Waals surface area contributed by atoms with E-state index in [0.29, 0.717) is 6.61 Å². The van der Waals surface area contributed by atoms with Gasteiger partial charge >= 0.3 is 0 Å². The van der Waals surface area contributed by atoms with Crippen LogP contribution in [0.2, 0.25) is 0 Å². The number of ether oxygens (including phenoxy) is 1. The predicted octanol–water partition coefficient (Wildman–Crippen LogP) is 0.199. The molecule has 18 heavy (non-hydrogen) atoms. The van der Waals surface area contributed by atoms with Gasteiger partial charge in [0.15, 0.2) is 0 Å². The summed E-state index contributed by atoms with van der Waals surface area (Å²) < 4.78 is 5.48. The Morgan fingerprint density at radius 1 is 1.56 bits per heavy atom. The summed E-state index contributed by atoms with van der Waals surface area (Å²) in [4.78, 5) is 17.6. The Morgan fingerprint density at radius 3 is 2.94 bits per heavy atom. The van der Waals surface area contributed by atoms with E-state index < -0.39 is 0 Å². The molecule has 0 spiro atoms. The van der Waals surface area contributed by atoms with Gasteiger partial charge in [0, 0.05) is 25.5 Å². The molecule has 1 aliphatic rings. The third kappa shape index (κ3) is 3.05. The first kappa shape index (κ1) is 13.0. The number of primary amides is 1. The molecular weight excluding hydrogens is 230 g/mol. The maximum atomic E-state index is 11.5. The number of carbonyl (C=O) groups is 1. The average Bonchev–Trinajstić information content (AvgIpc) is 2.37. The number of hydrogen-bond acceptors (Lipinski definition) is 4. The summed E-state index contributed by atoms with van der Waals surface area (Å²) in [6.45, 7) is 4.11. The largest absolute Gasteiger partial charge is 0.375 e. The summed E-state index contributed by atoms with van der Waals surface area (Å²) >= 11 is 0. The van der Waals surface area contributed by atoms with Gasteiger partial charge in [-0.15, -0.1) is 0 Å². The number of pyridine rings is 1. The summed E-state index contributed by atoms with van der Waals surface area (Å²) in [6.07, 6.45) is 4.32. The van der Waals surface area contributed by atoms with Crippen LogP contribution in [0.25, 0.3) is 0 Å². The molecule has 0 saturated carbocycles. The Hall–Kier alpha value is -1.46. The van der Waals surface area contributed by atoms with Crippen molar-refractivity contribution in [1.29, 1.82) is 0 Å². The lowest BCUT2D eigenvalue weighted by atomic mass is 10.1. The van der Waals surface area contributed by atoms with Crippen LogP contribution in [0.1, 0.15) is 12.5 Å². The number of amides is 1. The Kier molecular flexibility index (Phi) is 4.28. The number of hydrogen-bond donors (Lipinski definition) is 1. The van der Waals surface area contributed by atoms with Crippen LogP contribution in [0, 0.1) is 0 Å². The van der Waals surface area contributed by atoms with Crippen LogP contribution in [-0.2, 0) is 16.0 Å². The van der Waals surface area contributed by atoms with Crippen LogP contribution in [0.15, 0.2) is 24.5 Å². The van der Waals surface area contributed by atoms with E-state index in [0.717, 1.165) is 19.5 Å². The maximum absolute atomic E-state index is 11.5. The molecule has 2 N–H and O–H groups in total. The van der Waals surface area contributed by atoms with Gasteiger partial charge in [-0.1, -0.05) is 0 Å². The Balaban J connectivity index is 1.96. The summed E-state index contributed by atoms with van der Waals surface area (Å²) in [7, 11) is 0. The predicted molar refractivity (Wildman–Crippen MR) is 67.9 cm³/mol. The van der Waals surface area contributed by atoms with Gasteiger partial charge in [0.05, 0.1) is 12.7 Å². The van der Waals surface area contributed by atoms with Crippen LogP contribution < -0.4 is 5.73 Å². The highest BCUT2D eigenvalue weighted by Crippen LogP contribution is 2.14. The lowest BCUT2D eigenvalue weighted by Gasteiger charge is -2.37. The Morgan fingerprint density at radius 2 is 2.28 bits per heavy atom. The van der Waals surface area contributed by atoms with Crippen molar-refractivity contribution in [3.63, 3.8) is 0 Å². The normalized spacial score (nSPS) is 24.9. The van der Waals surface area contributed by atoms with Crippen molar-refractivity contribution >= 4 is 5.91 Å². The fourth-order valence-corrected chi connectivity index (χ4v) is 2.37. The molecule has 1 aromatic heterocycles. The highest BCUT2D eigenvalue weighted by molar-refractivity contribution is 5.80. The highest BCUT2D eigenvalue weighted by Gasteiger charge is 2.33. The van der Waals surface area contributed by atoms with E-state index in [9.17, 15) is 4.79 Å². The molecule has 1 aromatic rings. The van der Waals surface area contributed by atoms with E-state index in [2.05, 4.69) is 9.88 Å². The molecule has 0 radical (unpaired) electrons. The zero-order chi connectivity index (χ0) is 13.0. The van der Waals surface area contributed by atoms with Crippen molar-refractivity contribution in [3.8, 4) is 0 Å². The minimum atomic E-state index is -0.319. The summed E-state index contributed by atoms with van der Waals surface area (Å²) in [5.41, 5.74) is 6.66. The monoisotopic (exact) mass is 249 g/mol. The minimum absolute atomic E-state index is 0.131. The van der Waals surface area contributed by atoms with E-state index >= 15 is 0 Å². The molecule has 1 aliphatic heterocycles. The van der Waals surface area contributed by atoms with Gasteiger partial charge in [0.1, 0.15) is 6.04 Å². The molecule has 2 atom stereocenters. The smallest absolute Gasteiger partial charge is 0.237 e. The molecule has 2 rings (SSSR count). The lowest BCUT2D eigenvalue weighted by molar-refractivity contribution is -0.135. The number of aromatic nitrogens is 1. The first-order valence-electron chi connectivity index (χ1n) is 6.22. The second kappa shape index (κ2) is 5.93. The number of nitrogens with two attached hydrogens (primary N) is 1. The third-order valence-corrected chi connectivity index (χ3v) is 3.33. The van der Waals surface area contributed by atoms with Crippen molar-refractivity contribution in [2.75, 3.05) is 19.7 Å². The standard InChI is InChI=1S/C13H19N3O2/c1-10-12(13(14)17)16(8-9-18-10)7-4-11-2-5-15-6-3-11/h2-3,5-6,10,12H,4,7-9H2,1H3,(H2,14,17)/t10-,12+/m1/s1. The molecule has 5 nitrogen and oxygen atoms in total. The molecule has 0 aliphatic carbocycles. The van der Waals surface area contributed by atoms with Gasteiger partial charge in [0.25, 0.3) is 0 Å². The first-order chi connectivity index (χ1) is 8.68.